The van der Waals surface area contributed by atoms with Crippen LogP contribution in [-0.4, -0.2) is 42.9 Å². The molecular formula is C14H16N8O3. The van der Waals surface area contributed by atoms with Gasteiger partial charge < -0.3 is 15.8 Å². The molecule has 3 aromatic heterocycles. The van der Waals surface area contributed by atoms with Crippen LogP contribution in [0, 0.1) is 0 Å². The number of hydrogen-bond acceptors (Lipinski definition) is 10. The number of nitrogens with one attached hydrogen (secondary N) is 1. The van der Waals surface area contributed by atoms with Gasteiger partial charge in [-0.15, -0.1) is 5.10 Å². The molecule has 0 aliphatic heterocycles. The minimum Gasteiger partial charge on any atom is -0.461 e. The molecule has 11 heteroatoms. The van der Waals surface area contributed by atoms with Crippen molar-refractivity contribution in [2.45, 2.75) is 20.0 Å². The number of hydrogen-bond donors (Lipinski definition) is 2. The smallest absolute Gasteiger partial charge is 0.360 e. The molecule has 0 aliphatic rings. The van der Waals surface area contributed by atoms with Crippen LogP contribution < -0.4 is 11.1 Å². The van der Waals surface area contributed by atoms with Crippen molar-refractivity contribution in [2.75, 3.05) is 12.3 Å². The van der Waals surface area contributed by atoms with E-state index in [1.54, 1.807) is 13.1 Å². The lowest BCUT2D eigenvalue weighted by Gasteiger charge is -2.07. The second kappa shape index (κ2) is 7.49. The van der Waals surface area contributed by atoms with Crippen molar-refractivity contribution in [1.82, 2.24) is 35.6 Å². The molecule has 0 saturated carbocycles. The third kappa shape index (κ3) is 3.61. The van der Waals surface area contributed by atoms with Gasteiger partial charge in [0.15, 0.2) is 5.69 Å². The van der Waals surface area contributed by atoms with E-state index in [2.05, 4.69) is 35.6 Å². The van der Waals surface area contributed by atoms with Gasteiger partial charge in [0.2, 0.25) is 11.6 Å². The summed E-state index contributed by atoms with van der Waals surface area (Å²) in [5.41, 5.74) is 7.05. The Morgan fingerprint density at radius 1 is 1.36 bits per heavy atom. The molecule has 3 rings (SSSR count). The van der Waals surface area contributed by atoms with Crippen LogP contribution in [0.15, 0.2) is 29.0 Å². The Kier molecular flexibility index (Phi) is 4.95. The third-order valence-electron chi connectivity index (χ3n) is 3.25. The molecule has 0 aliphatic carbocycles. The molecule has 3 heterocycles. The second-order valence-electron chi connectivity index (χ2n) is 4.91. The highest BCUT2D eigenvalue weighted by Gasteiger charge is 2.24. The number of pyridine rings is 1. The number of esters is 1. The molecule has 11 nitrogen and oxygen atoms in total. The van der Waals surface area contributed by atoms with Gasteiger partial charge in [-0.25, -0.2) is 9.42 Å². The molecule has 0 atom stereocenters. The molecule has 0 saturated heterocycles. The molecule has 0 amide bonds. The molecule has 0 bridgehead atoms. The number of aromatic nitrogens is 6. The summed E-state index contributed by atoms with van der Waals surface area (Å²) in [6.07, 6.45) is 1.70. The van der Waals surface area contributed by atoms with Gasteiger partial charge in [-0.1, -0.05) is 11.3 Å². The molecule has 0 fully saturated rings. The fourth-order valence-electron chi connectivity index (χ4n) is 2.14. The zero-order chi connectivity index (χ0) is 17.6. The van der Waals surface area contributed by atoms with Crippen molar-refractivity contribution in [3.8, 4) is 5.82 Å². The van der Waals surface area contributed by atoms with Crippen molar-refractivity contribution in [3.63, 3.8) is 0 Å². The maximum absolute atomic E-state index is 12.1. The van der Waals surface area contributed by atoms with E-state index in [-0.39, 0.29) is 30.5 Å². The summed E-state index contributed by atoms with van der Waals surface area (Å²) >= 11 is 0. The quantitative estimate of drug-likeness (QED) is 0.565. The predicted octanol–water partition coefficient (Wildman–Crippen LogP) is 0.0940. The average Bonchev–Trinajstić information content (AvgIpc) is 3.22. The number of carbonyl (C=O) groups excluding carboxylic acids is 1. The van der Waals surface area contributed by atoms with Crippen LogP contribution >= 0.6 is 0 Å². The third-order valence-corrected chi connectivity index (χ3v) is 3.25. The highest BCUT2D eigenvalue weighted by molar-refractivity contribution is 5.88. The maximum atomic E-state index is 12.1. The topological polar surface area (TPSA) is 147 Å². The largest absolute Gasteiger partial charge is 0.461 e. The molecular weight excluding hydrogens is 328 g/mol. The molecule has 130 valence electrons. The monoisotopic (exact) mass is 344 g/mol. The van der Waals surface area contributed by atoms with Crippen LogP contribution in [0.4, 0.5) is 5.82 Å². The minimum absolute atomic E-state index is 0.0336. The highest BCUT2D eigenvalue weighted by Crippen LogP contribution is 2.16. The predicted molar refractivity (Wildman–Crippen MR) is 84.4 cm³/mol. The molecule has 0 unspecified atom stereocenters. The number of rotatable bonds is 7. The lowest BCUT2D eigenvalue weighted by atomic mass is 10.3. The summed E-state index contributed by atoms with van der Waals surface area (Å²) < 4.78 is 10.9. The Balaban J connectivity index is 1.84. The van der Waals surface area contributed by atoms with Gasteiger partial charge >= 0.3 is 5.97 Å². The van der Waals surface area contributed by atoms with Crippen molar-refractivity contribution in [1.29, 1.82) is 0 Å². The first kappa shape index (κ1) is 16.5. The summed E-state index contributed by atoms with van der Waals surface area (Å²) in [5, 5.41) is 18.2. The first-order valence-corrected chi connectivity index (χ1v) is 7.51. The van der Waals surface area contributed by atoms with E-state index < -0.39 is 5.97 Å². The van der Waals surface area contributed by atoms with E-state index >= 15 is 0 Å². The normalized spacial score (nSPS) is 10.8. The Bertz CT molecular complexity index is 845. The lowest BCUT2D eigenvalue weighted by molar-refractivity contribution is 0.0518. The van der Waals surface area contributed by atoms with Gasteiger partial charge in [0.05, 0.1) is 18.0 Å². The standard InChI is InChI=1S/C14H16N8O3/c1-2-24-14(23)11-10(8-16-7-9-5-3-4-6-17-9)22(21-18-11)13-12(15)19-25-20-13/h3-6,16H,2,7-8H2,1H3,(H2,15,19). The number of carbonyl (C=O) groups is 1. The molecule has 25 heavy (non-hydrogen) atoms. The van der Waals surface area contributed by atoms with E-state index in [4.69, 9.17) is 10.5 Å². The van der Waals surface area contributed by atoms with Gasteiger partial charge in [-0.05, 0) is 29.4 Å². The number of nitrogen functional groups attached to an aromatic ring is 1. The maximum Gasteiger partial charge on any atom is 0.360 e. The van der Waals surface area contributed by atoms with Crippen molar-refractivity contribution in [3.05, 3.63) is 41.5 Å². The van der Waals surface area contributed by atoms with Gasteiger partial charge in [0.25, 0.3) is 0 Å². The zero-order valence-corrected chi connectivity index (χ0v) is 13.4. The van der Waals surface area contributed by atoms with E-state index in [1.165, 1.54) is 4.68 Å². The summed E-state index contributed by atoms with van der Waals surface area (Å²) in [4.78, 5) is 16.3. The van der Waals surface area contributed by atoms with Crippen LogP contribution in [0.1, 0.15) is 28.8 Å². The van der Waals surface area contributed by atoms with Gasteiger partial charge in [0, 0.05) is 19.3 Å². The van der Waals surface area contributed by atoms with Gasteiger partial charge in [-0.3, -0.25) is 4.98 Å². The van der Waals surface area contributed by atoms with Crippen LogP contribution in [0.2, 0.25) is 0 Å². The first-order valence-electron chi connectivity index (χ1n) is 7.51. The summed E-state index contributed by atoms with van der Waals surface area (Å²) in [5.74, 6) is -0.401. The lowest BCUT2D eigenvalue weighted by Crippen LogP contribution is -2.20. The molecule has 3 N–H and O–H groups in total. The second-order valence-corrected chi connectivity index (χ2v) is 4.91. The number of nitrogens with zero attached hydrogens (tertiary/aromatic N) is 6. The van der Waals surface area contributed by atoms with Crippen LogP contribution in [0.25, 0.3) is 5.82 Å². The van der Waals surface area contributed by atoms with Crippen LogP contribution in [0.3, 0.4) is 0 Å². The number of nitrogens with two attached hydrogens (primary N) is 1. The van der Waals surface area contributed by atoms with Crippen LogP contribution in [-0.2, 0) is 17.8 Å². The molecule has 0 spiro atoms. The Morgan fingerprint density at radius 2 is 2.24 bits per heavy atom. The fraction of sp³-hybridized carbons (Fsp3) is 0.286. The van der Waals surface area contributed by atoms with Gasteiger partial charge in [0.1, 0.15) is 0 Å². The zero-order valence-electron chi connectivity index (χ0n) is 13.4. The Labute approximate surface area is 142 Å². The Morgan fingerprint density at radius 3 is 2.92 bits per heavy atom. The van der Waals surface area contributed by atoms with E-state index in [9.17, 15) is 4.79 Å². The molecule has 0 radical (unpaired) electrons. The number of ether oxygens (including phenoxy) is 1. The van der Waals surface area contributed by atoms with Crippen molar-refractivity contribution in [2.24, 2.45) is 0 Å². The fourth-order valence-corrected chi connectivity index (χ4v) is 2.14. The van der Waals surface area contributed by atoms with Crippen molar-refractivity contribution >= 4 is 11.8 Å². The van der Waals surface area contributed by atoms with Crippen LogP contribution in [0.5, 0.6) is 0 Å². The highest BCUT2D eigenvalue weighted by atomic mass is 16.6. The van der Waals surface area contributed by atoms with E-state index in [0.29, 0.717) is 12.2 Å². The summed E-state index contributed by atoms with van der Waals surface area (Å²) in [7, 11) is 0. The molecule has 0 aromatic carbocycles. The minimum atomic E-state index is -0.585. The van der Waals surface area contributed by atoms with E-state index in [1.807, 2.05) is 18.2 Å². The molecule has 3 aromatic rings. The summed E-state index contributed by atoms with van der Waals surface area (Å²) in [6, 6.07) is 5.61. The van der Waals surface area contributed by atoms with Crippen molar-refractivity contribution < 1.29 is 14.2 Å². The summed E-state index contributed by atoms with van der Waals surface area (Å²) in [6.45, 7) is 2.67. The SMILES string of the molecule is CCOC(=O)c1nnn(-c2nonc2N)c1CNCc1ccccn1. The number of anilines is 1. The average molecular weight is 344 g/mol. The van der Waals surface area contributed by atoms with Gasteiger partial charge in [-0.2, -0.15) is 4.68 Å². The first-order chi connectivity index (χ1) is 12.2. The Hall–Kier alpha value is -3.34. The van der Waals surface area contributed by atoms with E-state index in [0.717, 1.165) is 5.69 Å².